The Balaban J connectivity index is 0.00000161. The number of carbonyl (C=O) groups excluding carboxylic acids is 1. The Labute approximate surface area is 132 Å². The number of para-hydroxylation sites is 1. The van der Waals surface area contributed by atoms with Gasteiger partial charge in [-0.15, -0.1) is 12.4 Å². The molecular formula is C16H23ClN2O2. The van der Waals surface area contributed by atoms with Crippen LogP contribution in [-0.2, 0) is 11.2 Å². The van der Waals surface area contributed by atoms with Crippen LogP contribution in [0.4, 0.5) is 10.5 Å². The van der Waals surface area contributed by atoms with Crippen LogP contribution in [0.1, 0.15) is 25.3 Å². The lowest BCUT2D eigenvalue weighted by Gasteiger charge is -2.44. The average molecular weight is 311 g/mol. The number of likely N-dealkylation sites (tertiary alicyclic amines) is 1. The molecule has 0 saturated carbocycles. The zero-order valence-electron chi connectivity index (χ0n) is 12.4. The number of benzene rings is 1. The van der Waals surface area contributed by atoms with Crippen molar-refractivity contribution < 1.29 is 9.53 Å². The number of nitrogens with zero attached hydrogens (tertiary/aromatic N) is 1. The zero-order chi connectivity index (χ0) is 14.0. The van der Waals surface area contributed by atoms with Crippen LogP contribution >= 0.6 is 12.4 Å². The number of anilines is 1. The molecule has 1 aromatic carbocycles. The van der Waals surface area contributed by atoms with E-state index in [9.17, 15) is 4.79 Å². The van der Waals surface area contributed by atoms with E-state index in [4.69, 9.17) is 4.74 Å². The molecule has 0 aliphatic carbocycles. The second-order valence-corrected chi connectivity index (χ2v) is 5.87. The molecule has 2 aliphatic rings. The third-order valence-electron chi connectivity index (χ3n) is 4.59. The van der Waals surface area contributed by atoms with Crippen molar-refractivity contribution in [3.8, 4) is 0 Å². The first-order valence-corrected chi connectivity index (χ1v) is 7.46. The highest BCUT2D eigenvalue weighted by atomic mass is 35.5. The standard InChI is InChI=1S/C16H22N2O2.ClH/c1-2-20-15(19)18-9-7-16(8-10-18)11-13-5-3-4-6-14(13)17-12-16;/h3-6,17H,2,7-12H2,1H3;1H. The molecule has 21 heavy (non-hydrogen) atoms. The van der Waals surface area contributed by atoms with Crippen LogP contribution in [0.5, 0.6) is 0 Å². The normalized spacial score (nSPS) is 19.2. The van der Waals surface area contributed by atoms with Crippen molar-refractivity contribution >= 4 is 24.2 Å². The van der Waals surface area contributed by atoms with E-state index in [1.165, 1.54) is 11.3 Å². The highest BCUT2D eigenvalue weighted by molar-refractivity contribution is 5.85. The molecular weight excluding hydrogens is 288 g/mol. The molecule has 0 radical (unpaired) electrons. The van der Waals surface area contributed by atoms with Gasteiger partial charge in [0, 0.05) is 25.3 Å². The van der Waals surface area contributed by atoms with Crippen LogP contribution in [0, 0.1) is 5.41 Å². The summed E-state index contributed by atoms with van der Waals surface area (Å²) in [5.41, 5.74) is 2.98. The highest BCUT2D eigenvalue weighted by Crippen LogP contribution is 2.40. The van der Waals surface area contributed by atoms with E-state index in [1.807, 2.05) is 11.8 Å². The lowest BCUT2D eigenvalue weighted by atomic mass is 9.71. The van der Waals surface area contributed by atoms with E-state index < -0.39 is 0 Å². The van der Waals surface area contributed by atoms with Crippen molar-refractivity contribution in [3.05, 3.63) is 29.8 Å². The van der Waals surface area contributed by atoms with Gasteiger partial charge in [-0.3, -0.25) is 0 Å². The Morgan fingerprint density at radius 3 is 2.76 bits per heavy atom. The summed E-state index contributed by atoms with van der Waals surface area (Å²) in [5, 5.41) is 3.56. The smallest absolute Gasteiger partial charge is 0.409 e. The molecule has 116 valence electrons. The summed E-state index contributed by atoms with van der Waals surface area (Å²) in [7, 11) is 0. The molecule has 1 N–H and O–H groups in total. The summed E-state index contributed by atoms with van der Waals surface area (Å²) < 4.78 is 5.08. The number of nitrogens with one attached hydrogen (secondary N) is 1. The fraction of sp³-hybridized carbons (Fsp3) is 0.562. The van der Waals surface area contributed by atoms with Gasteiger partial charge in [-0.05, 0) is 43.2 Å². The number of hydrogen-bond donors (Lipinski definition) is 1. The van der Waals surface area contributed by atoms with Crippen LogP contribution in [-0.4, -0.2) is 37.2 Å². The number of hydrogen-bond acceptors (Lipinski definition) is 3. The Hall–Kier alpha value is -1.42. The van der Waals surface area contributed by atoms with Crippen molar-refractivity contribution in [2.45, 2.75) is 26.2 Å². The molecule has 0 aromatic heterocycles. The fourth-order valence-electron chi connectivity index (χ4n) is 3.33. The van der Waals surface area contributed by atoms with Gasteiger partial charge >= 0.3 is 6.09 Å². The first-order valence-electron chi connectivity index (χ1n) is 7.46. The number of halogens is 1. The SMILES string of the molecule is CCOC(=O)N1CCC2(CC1)CNc1ccccc1C2.Cl. The fourth-order valence-corrected chi connectivity index (χ4v) is 3.33. The van der Waals surface area contributed by atoms with Gasteiger partial charge in [0.2, 0.25) is 0 Å². The lowest BCUT2D eigenvalue weighted by Crippen LogP contribution is -2.48. The summed E-state index contributed by atoms with van der Waals surface area (Å²) in [5.74, 6) is 0. The van der Waals surface area contributed by atoms with E-state index in [2.05, 4.69) is 29.6 Å². The predicted molar refractivity (Wildman–Crippen MR) is 86.1 cm³/mol. The number of piperidine rings is 1. The van der Waals surface area contributed by atoms with Crippen molar-refractivity contribution in [1.29, 1.82) is 0 Å². The van der Waals surface area contributed by atoms with Gasteiger partial charge in [-0.1, -0.05) is 18.2 Å². The highest BCUT2D eigenvalue weighted by Gasteiger charge is 2.38. The van der Waals surface area contributed by atoms with Gasteiger partial charge in [-0.2, -0.15) is 0 Å². The van der Waals surface area contributed by atoms with Crippen LogP contribution in [0.15, 0.2) is 24.3 Å². The minimum Gasteiger partial charge on any atom is -0.450 e. The third kappa shape index (κ3) is 3.26. The minimum atomic E-state index is -0.161. The van der Waals surface area contributed by atoms with Gasteiger partial charge in [0.15, 0.2) is 0 Å². The molecule has 4 nitrogen and oxygen atoms in total. The average Bonchev–Trinajstić information content (AvgIpc) is 2.48. The Morgan fingerprint density at radius 2 is 2.05 bits per heavy atom. The topological polar surface area (TPSA) is 41.6 Å². The number of fused-ring (bicyclic) bond motifs is 1. The van der Waals surface area contributed by atoms with Gasteiger partial charge in [-0.25, -0.2) is 4.79 Å². The molecule has 5 heteroatoms. The van der Waals surface area contributed by atoms with E-state index in [0.717, 1.165) is 38.9 Å². The Kier molecular flexibility index (Phi) is 4.99. The van der Waals surface area contributed by atoms with Gasteiger partial charge in [0.1, 0.15) is 0 Å². The van der Waals surface area contributed by atoms with Crippen LogP contribution in [0.3, 0.4) is 0 Å². The maximum atomic E-state index is 11.8. The predicted octanol–water partition coefficient (Wildman–Crippen LogP) is 3.32. The van der Waals surface area contributed by atoms with Gasteiger partial charge in [0.25, 0.3) is 0 Å². The second kappa shape index (κ2) is 6.56. The lowest BCUT2D eigenvalue weighted by molar-refractivity contribution is 0.0709. The monoisotopic (exact) mass is 310 g/mol. The molecule has 0 atom stereocenters. The number of amides is 1. The summed E-state index contributed by atoms with van der Waals surface area (Å²) in [6.45, 7) is 4.94. The molecule has 1 saturated heterocycles. The van der Waals surface area contributed by atoms with Crippen LogP contribution in [0.25, 0.3) is 0 Å². The van der Waals surface area contributed by atoms with Crippen molar-refractivity contribution in [2.24, 2.45) is 5.41 Å². The van der Waals surface area contributed by atoms with Crippen molar-refractivity contribution in [2.75, 3.05) is 31.6 Å². The van der Waals surface area contributed by atoms with Gasteiger partial charge < -0.3 is 15.0 Å². The Bertz CT molecular complexity index is 499. The maximum Gasteiger partial charge on any atom is 0.409 e. The maximum absolute atomic E-state index is 11.8. The zero-order valence-corrected chi connectivity index (χ0v) is 13.2. The van der Waals surface area contributed by atoms with E-state index in [0.29, 0.717) is 12.0 Å². The second-order valence-electron chi connectivity index (χ2n) is 5.87. The first-order chi connectivity index (χ1) is 9.72. The summed E-state index contributed by atoms with van der Waals surface area (Å²) in [6, 6.07) is 8.54. The summed E-state index contributed by atoms with van der Waals surface area (Å²) in [6.07, 6.45) is 3.05. The van der Waals surface area contributed by atoms with E-state index >= 15 is 0 Å². The molecule has 3 rings (SSSR count). The number of ether oxygens (including phenoxy) is 1. The van der Waals surface area contributed by atoms with Crippen LogP contribution < -0.4 is 5.32 Å². The molecule has 2 heterocycles. The van der Waals surface area contributed by atoms with Crippen LogP contribution in [0.2, 0.25) is 0 Å². The Morgan fingerprint density at radius 1 is 1.33 bits per heavy atom. The van der Waals surface area contributed by atoms with E-state index in [1.54, 1.807) is 0 Å². The quantitative estimate of drug-likeness (QED) is 0.865. The largest absolute Gasteiger partial charge is 0.450 e. The van der Waals surface area contributed by atoms with Crippen molar-refractivity contribution in [1.82, 2.24) is 4.90 Å². The molecule has 0 bridgehead atoms. The number of rotatable bonds is 1. The molecule has 1 aromatic rings. The first kappa shape index (κ1) is 16.0. The minimum absolute atomic E-state index is 0. The number of carbonyl (C=O) groups is 1. The molecule has 1 spiro atoms. The molecule has 1 fully saturated rings. The van der Waals surface area contributed by atoms with Crippen molar-refractivity contribution in [3.63, 3.8) is 0 Å². The van der Waals surface area contributed by atoms with E-state index in [-0.39, 0.29) is 18.5 Å². The molecule has 0 unspecified atom stereocenters. The third-order valence-corrected chi connectivity index (χ3v) is 4.59. The summed E-state index contributed by atoms with van der Waals surface area (Å²) >= 11 is 0. The van der Waals surface area contributed by atoms with Gasteiger partial charge in [0.05, 0.1) is 6.61 Å². The molecule has 2 aliphatic heterocycles. The molecule has 1 amide bonds. The summed E-state index contributed by atoms with van der Waals surface area (Å²) in [4.78, 5) is 13.6.